The van der Waals surface area contributed by atoms with E-state index < -0.39 is 0 Å². The summed E-state index contributed by atoms with van der Waals surface area (Å²) in [6.07, 6.45) is 29.0. The Hall–Kier alpha value is -0.530. The van der Waals surface area contributed by atoms with E-state index in [0.29, 0.717) is 17.3 Å². The summed E-state index contributed by atoms with van der Waals surface area (Å²) in [6.45, 7) is 17.6. The first-order chi connectivity index (χ1) is 20.6. The van der Waals surface area contributed by atoms with Crippen LogP contribution in [0.4, 0.5) is 0 Å². The molecular formula is C41H74O2. The van der Waals surface area contributed by atoms with Gasteiger partial charge in [0.25, 0.3) is 0 Å². The smallest absolute Gasteiger partial charge is 0.306 e. The Bertz CT molecular complexity index is 834. The van der Waals surface area contributed by atoms with Gasteiger partial charge in [-0.3, -0.25) is 4.79 Å². The topological polar surface area (TPSA) is 26.3 Å². The molecule has 10 atom stereocenters. The van der Waals surface area contributed by atoms with Crippen LogP contribution in [0.3, 0.4) is 0 Å². The van der Waals surface area contributed by atoms with E-state index in [9.17, 15) is 4.79 Å². The second-order valence-corrected chi connectivity index (χ2v) is 17.3. The third-order valence-electron chi connectivity index (χ3n) is 14.6. The highest BCUT2D eigenvalue weighted by molar-refractivity contribution is 5.69. The number of unbranched alkanes of at least 4 members (excludes halogenated alkanes) is 8. The molecule has 0 spiro atoms. The molecule has 4 fully saturated rings. The third kappa shape index (κ3) is 8.44. The molecule has 0 saturated heterocycles. The van der Waals surface area contributed by atoms with Gasteiger partial charge in [0.2, 0.25) is 0 Å². The van der Waals surface area contributed by atoms with Gasteiger partial charge in [-0.15, -0.1) is 0 Å². The lowest BCUT2D eigenvalue weighted by Crippen LogP contribution is -2.54. The maximum Gasteiger partial charge on any atom is 0.306 e. The molecule has 0 aliphatic heterocycles. The van der Waals surface area contributed by atoms with Gasteiger partial charge in [-0.2, -0.15) is 0 Å². The van der Waals surface area contributed by atoms with Gasteiger partial charge in [-0.05, 0) is 129 Å². The zero-order chi connectivity index (χ0) is 31.0. The van der Waals surface area contributed by atoms with E-state index in [4.69, 9.17) is 4.74 Å². The van der Waals surface area contributed by atoms with Gasteiger partial charge in [0.1, 0.15) is 6.10 Å². The SMILES string of the molecule is CCCCCCCCCCCC(=O)O[C@H]1CC[C@@]2(C)[C@@H](CC[C@@H]3[C@@H]2CC[C@]2(C)[C@@H]([C@H](C)CC[C@@H](CC)C(C)C)CC[C@@H]32)C1. The quantitative estimate of drug-likeness (QED) is 0.123. The molecule has 0 heterocycles. The largest absolute Gasteiger partial charge is 0.462 e. The molecule has 0 aromatic heterocycles. The molecule has 0 N–H and O–H groups in total. The molecule has 4 aliphatic rings. The van der Waals surface area contributed by atoms with E-state index in [1.807, 2.05) is 0 Å². The lowest BCUT2D eigenvalue weighted by atomic mass is 9.44. The lowest BCUT2D eigenvalue weighted by molar-refractivity contribution is -0.162. The summed E-state index contributed by atoms with van der Waals surface area (Å²) in [6, 6.07) is 0. The molecule has 4 rings (SSSR count). The maximum atomic E-state index is 12.7. The molecule has 2 nitrogen and oxygen atoms in total. The predicted octanol–water partition coefficient (Wildman–Crippen LogP) is 12.6. The minimum atomic E-state index is 0.0865. The van der Waals surface area contributed by atoms with Crippen molar-refractivity contribution in [2.75, 3.05) is 0 Å². The predicted molar refractivity (Wildman–Crippen MR) is 184 cm³/mol. The van der Waals surface area contributed by atoms with Crippen molar-refractivity contribution in [2.24, 2.45) is 58.2 Å². The normalized spacial score (nSPS) is 36.9. The van der Waals surface area contributed by atoms with Crippen LogP contribution in [0.5, 0.6) is 0 Å². The average Bonchev–Trinajstić information content (AvgIpc) is 3.34. The van der Waals surface area contributed by atoms with Crippen molar-refractivity contribution < 1.29 is 9.53 Å². The summed E-state index contributed by atoms with van der Waals surface area (Å²) in [4.78, 5) is 12.7. The molecule has 4 saturated carbocycles. The standard InChI is InChI=1S/C41H74O2/c1-8-10-11-12-13-14-15-16-17-18-39(42)43-34-25-27-40(6)33(29-34)21-22-35-37-24-23-36(41(37,7)28-26-38(35)40)31(5)19-20-32(9-2)30(3)4/h30-38H,8-29H2,1-7H3/t31-,32-,33+,34+,35+,36-,37+,38+,40+,41-/m1/s1. The van der Waals surface area contributed by atoms with E-state index in [1.165, 1.54) is 116 Å². The lowest BCUT2D eigenvalue weighted by Gasteiger charge is -2.61. The minimum absolute atomic E-state index is 0.0865. The molecule has 43 heavy (non-hydrogen) atoms. The summed E-state index contributed by atoms with van der Waals surface area (Å²) in [5, 5.41) is 0. The Morgan fingerprint density at radius 2 is 1.40 bits per heavy atom. The number of carbonyl (C=O) groups is 1. The first-order valence-electron chi connectivity index (χ1n) is 19.8. The minimum Gasteiger partial charge on any atom is -0.462 e. The van der Waals surface area contributed by atoms with Crippen LogP contribution in [-0.2, 0) is 9.53 Å². The van der Waals surface area contributed by atoms with Crippen molar-refractivity contribution in [2.45, 2.75) is 196 Å². The molecule has 4 aliphatic carbocycles. The highest BCUT2D eigenvalue weighted by Gasteiger charge is 2.60. The first-order valence-corrected chi connectivity index (χ1v) is 19.8. The molecule has 0 aromatic carbocycles. The van der Waals surface area contributed by atoms with Gasteiger partial charge < -0.3 is 4.74 Å². The van der Waals surface area contributed by atoms with Crippen molar-refractivity contribution in [1.82, 2.24) is 0 Å². The van der Waals surface area contributed by atoms with E-state index in [-0.39, 0.29) is 12.1 Å². The molecule has 0 bridgehead atoms. The summed E-state index contributed by atoms with van der Waals surface area (Å²) in [5.41, 5.74) is 1.05. The van der Waals surface area contributed by atoms with E-state index in [0.717, 1.165) is 66.6 Å². The summed E-state index contributed by atoms with van der Waals surface area (Å²) >= 11 is 0. The fourth-order valence-corrected chi connectivity index (χ4v) is 11.8. The Morgan fingerprint density at radius 1 is 0.744 bits per heavy atom. The van der Waals surface area contributed by atoms with Crippen LogP contribution in [-0.4, -0.2) is 12.1 Å². The van der Waals surface area contributed by atoms with Crippen molar-refractivity contribution in [3.8, 4) is 0 Å². The van der Waals surface area contributed by atoms with Gasteiger partial charge in [0.05, 0.1) is 0 Å². The highest BCUT2D eigenvalue weighted by Crippen LogP contribution is 2.68. The second kappa shape index (κ2) is 16.3. The average molecular weight is 599 g/mol. The van der Waals surface area contributed by atoms with Crippen LogP contribution in [0.1, 0.15) is 190 Å². The first kappa shape index (κ1) is 35.3. The molecule has 0 radical (unpaired) electrons. The zero-order valence-corrected chi connectivity index (χ0v) is 30.1. The number of fused-ring (bicyclic) bond motifs is 5. The van der Waals surface area contributed by atoms with Crippen LogP contribution in [0.25, 0.3) is 0 Å². The van der Waals surface area contributed by atoms with Crippen LogP contribution in [0.15, 0.2) is 0 Å². The summed E-state index contributed by atoms with van der Waals surface area (Å²) in [7, 11) is 0. The van der Waals surface area contributed by atoms with Gasteiger partial charge in [-0.1, -0.05) is 113 Å². The molecule has 0 aromatic rings. The van der Waals surface area contributed by atoms with Gasteiger partial charge in [0, 0.05) is 6.42 Å². The number of hydrogen-bond donors (Lipinski definition) is 0. The number of esters is 1. The Morgan fingerprint density at radius 3 is 2.07 bits per heavy atom. The van der Waals surface area contributed by atoms with Crippen molar-refractivity contribution in [3.05, 3.63) is 0 Å². The molecular weight excluding hydrogens is 524 g/mol. The Balaban J connectivity index is 1.22. The highest BCUT2D eigenvalue weighted by atomic mass is 16.5. The Labute approximate surface area is 269 Å². The van der Waals surface area contributed by atoms with Crippen molar-refractivity contribution in [1.29, 1.82) is 0 Å². The van der Waals surface area contributed by atoms with Crippen LogP contribution in [0, 0.1) is 58.2 Å². The number of hydrogen-bond acceptors (Lipinski definition) is 2. The van der Waals surface area contributed by atoms with Gasteiger partial charge in [0.15, 0.2) is 0 Å². The zero-order valence-electron chi connectivity index (χ0n) is 30.1. The maximum absolute atomic E-state index is 12.7. The molecule has 2 heteroatoms. The number of carbonyl (C=O) groups excluding carboxylic acids is 1. The van der Waals surface area contributed by atoms with Gasteiger partial charge in [-0.25, -0.2) is 0 Å². The monoisotopic (exact) mass is 599 g/mol. The van der Waals surface area contributed by atoms with Crippen LogP contribution < -0.4 is 0 Å². The third-order valence-corrected chi connectivity index (χ3v) is 14.6. The molecule has 250 valence electrons. The van der Waals surface area contributed by atoms with Crippen LogP contribution in [0.2, 0.25) is 0 Å². The molecule has 0 unspecified atom stereocenters. The van der Waals surface area contributed by atoms with E-state index in [2.05, 4.69) is 48.5 Å². The fourth-order valence-electron chi connectivity index (χ4n) is 11.8. The number of rotatable bonds is 17. The number of ether oxygens (including phenoxy) is 1. The van der Waals surface area contributed by atoms with E-state index >= 15 is 0 Å². The summed E-state index contributed by atoms with van der Waals surface area (Å²) in [5.74, 6) is 7.21. The second-order valence-electron chi connectivity index (χ2n) is 17.3. The Kier molecular flexibility index (Phi) is 13.4. The van der Waals surface area contributed by atoms with Crippen LogP contribution >= 0.6 is 0 Å². The summed E-state index contributed by atoms with van der Waals surface area (Å²) < 4.78 is 6.14. The fraction of sp³-hybridized carbons (Fsp3) is 0.976. The van der Waals surface area contributed by atoms with Crippen molar-refractivity contribution >= 4 is 5.97 Å². The van der Waals surface area contributed by atoms with Crippen molar-refractivity contribution in [3.63, 3.8) is 0 Å². The van der Waals surface area contributed by atoms with E-state index in [1.54, 1.807) is 0 Å². The molecule has 0 amide bonds. The van der Waals surface area contributed by atoms with Gasteiger partial charge >= 0.3 is 5.97 Å².